The van der Waals surface area contributed by atoms with Crippen LogP contribution < -0.4 is 4.90 Å². The molecule has 1 aromatic heterocycles. The number of carbonyl (C=O) groups excluding carboxylic acids is 1. The molecule has 154 valence electrons. The number of benzene rings is 1. The summed E-state index contributed by atoms with van der Waals surface area (Å²) in [5.41, 5.74) is 1.78. The van der Waals surface area contributed by atoms with Crippen LogP contribution in [0, 0.1) is 0 Å². The molecule has 8 heteroatoms. The first kappa shape index (κ1) is 20.4. The number of rotatable bonds is 5. The zero-order valence-corrected chi connectivity index (χ0v) is 17.9. The number of piperidine rings is 1. The Balaban J connectivity index is 1.42. The summed E-state index contributed by atoms with van der Waals surface area (Å²) in [6.07, 6.45) is 3.65. The Labute approximate surface area is 180 Å². The number of hydrogen-bond acceptors (Lipinski definition) is 6. The van der Waals surface area contributed by atoms with Crippen LogP contribution in [0.5, 0.6) is 0 Å². The van der Waals surface area contributed by atoms with Gasteiger partial charge in [0, 0.05) is 43.6 Å². The summed E-state index contributed by atoms with van der Waals surface area (Å²) in [5.74, 6) is 1.65. The summed E-state index contributed by atoms with van der Waals surface area (Å²) in [7, 11) is 0. The number of nitrogens with zero attached hydrogens (tertiary/aromatic N) is 4. The van der Waals surface area contributed by atoms with E-state index in [1.165, 1.54) is 19.3 Å². The monoisotopic (exact) mass is 432 g/mol. The van der Waals surface area contributed by atoms with Crippen molar-refractivity contribution in [2.24, 2.45) is 0 Å². The minimum absolute atomic E-state index is 0.0616. The fraction of sp³-hybridized carbons (Fsp3) is 0.476. The third-order valence-electron chi connectivity index (χ3n) is 5.18. The summed E-state index contributed by atoms with van der Waals surface area (Å²) in [6.45, 7) is 4.53. The number of anilines is 1. The zero-order valence-electron chi connectivity index (χ0n) is 16.3. The molecule has 0 saturated carbocycles. The van der Waals surface area contributed by atoms with Crippen molar-refractivity contribution >= 4 is 35.1 Å². The highest BCUT2D eigenvalue weighted by Gasteiger charge is 2.19. The quantitative estimate of drug-likeness (QED) is 0.406. The Hall–Kier alpha value is -1.83. The predicted molar refractivity (Wildman–Crippen MR) is 116 cm³/mol. The van der Waals surface area contributed by atoms with E-state index in [4.69, 9.17) is 21.3 Å². The van der Waals surface area contributed by atoms with Crippen LogP contribution in [0.15, 0.2) is 35.5 Å². The van der Waals surface area contributed by atoms with Crippen LogP contribution in [0.2, 0.25) is 5.15 Å². The largest absolute Gasteiger partial charge is 0.378 e. The Morgan fingerprint density at radius 1 is 1.07 bits per heavy atom. The van der Waals surface area contributed by atoms with E-state index < -0.39 is 0 Å². The summed E-state index contributed by atoms with van der Waals surface area (Å²) in [6, 6.07) is 9.64. The number of ether oxygens (including phenoxy) is 1. The van der Waals surface area contributed by atoms with E-state index in [0.29, 0.717) is 47.9 Å². The highest BCUT2D eigenvalue weighted by molar-refractivity contribution is 7.98. The number of aromatic nitrogens is 2. The van der Waals surface area contributed by atoms with Gasteiger partial charge in [0.2, 0.25) is 0 Å². The maximum absolute atomic E-state index is 12.7. The molecule has 0 aliphatic carbocycles. The van der Waals surface area contributed by atoms with E-state index in [-0.39, 0.29) is 5.91 Å². The van der Waals surface area contributed by atoms with Gasteiger partial charge in [-0.1, -0.05) is 35.5 Å². The number of amides is 1. The lowest BCUT2D eigenvalue weighted by molar-refractivity contribution is 0.0303. The van der Waals surface area contributed by atoms with Crippen molar-refractivity contribution in [2.75, 3.05) is 44.3 Å². The molecule has 0 radical (unpaired) electrons. The minimum Gasteiger partial charge on any atom is -0.378 e. The van der Waals surface area contributed by atoms with Gasteiger partial charge in [-0.15, -0.1) is 0 Å². The zero-order chi connectivity index (χ0) is 20.1. The van der Waals surface area contributed by atoms with E-state index in [2.05, 4.69) is 9.88 Å². The third kappa shape index (κ3) is 5.41. The maximum Gasteiger partial charge on any atom is 0.254 e. The SMILES string of the molecule is O=C(c1cccc(CSc2nc(Cl)cc(N3CCCCC3)n2)c1)N1CCOCC1. The van der Waals surface area contributed by atoms with Crippen LogP contribution in [0.3, 0.4) is 0 Å². The standard InChI is InChI=1S/C21H25ClN4O2S/c22-18-14-19(25-7-2-1-3-8-25)24-21(23-18)29-15-16-5-4-6-17(13-16)20(27)26-9-11-28-12-10-26/h4-6,13-14H,1-3,7-12,15H2. The van der Waals surface area contributed by atoms with Gasteiger partial charge < -0.3 is 14.5 Å². The molecular weight excluding hydrogens is 408 g/mol. The van der Waals surface area contributed by atoms with Crippen LogP contribution in [-0.2, 0) is 10.5 Å². The van der Waals surface area contributed by atoms with Crippen LogP contribution in [-0.4, -0.2) is 60.2 Å². The number of thioether (sulfide) groups is 1. The molecule has 0 unspecified atom stereocenters. The molecule has 2 aromatic rings. The molecule has 6 nitrogen and oxygen atoms in total. The van der Waals surface area contributed by atoms with Gasteiger partial charge in [-0.25, -0.2) is 9.97 Å². The first-order chi connectivity index (χ1) is 14.2. The van der Waals surface area contributed by atoms with E-state index >= 15 is 0 Å². The van der Waals surface area contributed by atoms with Gasteiger partial charge in [0.05, 0.1) is 13.2 Å². The van der Waals surface area contributed by atoms with Crippen molar-refractivity contribution in [3.05, 3.63) is 46.6 Å². The van der Waals surface area contributed by atoms with Crippen molar-refractivity contribution in [2.45, 2.75) is 30.2 Å². The van der Waals surface area contributed by atoms with Crippen LogP contribution in [0.1, 0.15) is 35.2 Å². The number of halogens is 1. The highest BCUT2D eigenvalue weighted by Crippen LogP contribution is 2.26. The van der Waals surface area contributed by atoms with Crippen LogP contribution in [0.4, 0.5) is 5.82 Å². The average Bonchev–Trinajstić information content (AvgIpc) is 2.78. The lowest BCUT2D eigenvalue weighted by atomic mass is 10.1. The summed E-state index contributed by atoms with van der Waals surface area (Å²) < 4.78 is 5.33. The molecule has 2 aliphatic heterocycles. The predicted octanol–water partition coefficient (Wildman–Crippen LogP) is 3.89. The van der Waals surface area contributed by atoms with Gasteiger partial charge in [0.25, 0.3) is 5.91 Å². The minimum atomic E-state index is 0.0616. The molecule has 0 spiro atoms. The third-order valence-corrected chi connectivity index (χ3v) is 6.29. The van der Waals surface area contributed by atoms with E-state index in [0.717, 1.165) is 24.5 Å². The Bertz CT molecular complexity index is 854. The first-order valence-electron chi connectivity index (χ1n) is 10.1. The summed E-state index contributed by atoms with van der Waals surface area (Å²) in [5, 5.41) is 1.14. The lowest BCUT2D eigenvalue weighted by Gasteiger charge is -2.27. The first-order valence-corrected chi connectivity index (χ1v) is 11.4. The molecule has 1 aromatic carbocycles. The van der Waals surface area contributed by atoms with Crippen molar-refractivity contribution in [1.82, 2.24) is 14.9 Å². The van der Waals surface area contributed by atoms with Crippen molar-refractivity contribution in [3.63, 3.8) is 0 Å². The molecule has 29 heavy (non-hydrogen) atoms. The summed E-state index contributed by atoms with van der Waals surface area (Å²) in [4.78, 5) is 25.9. The molecule has 0 atom stereocenters. The second-order valence-electron chi connectivity index (χ2n) is 7.27. The normalized spacial score (nSPS) is 17.4. The molecule has 2 fully saturated rings. The molecule has 0 N–H and O–H groups in total. The molecular formula is C21H25ClN4O2S. The van der Waals surface area contributed by atoms with Crippen molar-refractivity contribution in [1.29, 1.82) is 0 Å². The molecule has 0 bridgehead atoms. The molecule has 2 aliphatic rings. The van der Waals surface area contributed by atoms with E-state index in [9.17, 15) is 4.79 Å². The van der Waals surface area contributed by atoms with Gasteiger partial charge >= 0.3 is 0 Å². The highest BCUT2D eigenvalue weighted by atomic mass is 35.5. The molecule has 2 saturated heterocycles. The van der Waals surface area contributed by atoms with Gasteiger partial charge in [0.15, 0.2) is 5.16 Å². The van der Waals surface area contributed by atoms with Crippen molar-refractivity contribution < 1.29 is 9.53 Å². The number of hydrogen-bond donors (Lipinski definition) is 0. The summed E-state index contributed by atoms with van der Waals surface area (Å²) >= 11 is 7.80. The number of morpholine rings is 1. The van der Waals surface area contributed by atoms with Crippen molar-refractivity contribution in [3.8, 4) is 0 Å². The fourth-order valence-corrected chi connectivity index (χ4v) is 4.65. The second kappa shape index (κ2) is 9.78. The lowest BCUT2D eigenvalue weighted by Crippen LogP contribution is -2.40. The van der Waals surface area contributed by atoms with Gasteiger partial charge in [-0.3, -0.25) is 4.79 Å². The van der Waals surface area contributed by atoms with Gasteiger partial charge in [-0.2, -0.15) is 0 Å². The molecule has 4 rings (SSSR count). The van der Waals surface area contributed by atoms with E-state index in [1.54, 1.807) is 11.8 Å². The fourth-order valence-electron chi connectivity index (χ4n) is 3.63. The van der Waals surface area contributed by atoms with E-state index in [1.807, 2.05) is 35.2 Å². The smallest absolute Gasteiger partial charge is 0.254 e. The van der Waals surface area contributed by atoms with Gasteiger partial charge in [0.1, 0.15) is 11.0 Å². The molecule has 3 heterocycles. The number of carbonyl (C=O) groups is 1. The Morgan fingerprint density at radius 2 is 1.86 bits per heavy atom. The maximum atomic E-state index is 12.7. The van der Waals surface area contributed by atoms with Gasteiger partial charge in [-0.05, 0) is 37.0 Å². The van der Waals surface area contributed by atoms with Crippen LogP contribution in [0.25, 0.3) is 0 Å². The molecule has 1 amide bonds. The Morgan fingerprint density at radius 3 is 2.66 bits per heavy atom. The Kier molecular flexibility index (Phi) is 6.90. The van der Waals surface area contributed by atoms with Crippen LogP contribution >= 0.6 is 23.4 Å². The topological polar surface area (TPSA) is 58.6 Å². The second-order valence-corrected chi connectivity index (χ2v) is 8.60. The average molecular weight is 433 g/mol.